The second kappa shape index (κ2) is 5.57. The molecule has 3 aromatic rings. The molecule has 0 aliphatic carbocycles. The maximum absolute atomic E-state index is 5.71. The van der Waals surface area contributed by atoms with Gasteiger partial charge in [0.05, 0.1) is 0 Å². The molecule has 20 heavy (non-hydrogen) atoms. The Balaban J connectivity index is 1.68. The summed E-state index contributed by atoms with van der Waals surface area (Å²) in [6, 6.07) is 13.8. The van der Waals surface area contributed by atoms with Crippen molar-refractivity contribution >= 4 is 0 Å². The Kier molecular flexibility index (Phi) is 3.46. The van der Waals surface area contributed by atoms with Crippen molar-refractivity contribution in [1.82, 2.24) is 10.1 Å². The van der Waals surface area contributed by atoms with Crippen molar-refractivity contribution in [2.45, 2.75) is 13.5 Å². The van der Waals surface area contributed by atoms with Crippen LogP contribution in [-0.4, -0.2) is 10.1 Å². The lowest BCUT2D eigenvalue weighted by molar-refractivity contribution is 0.291. The van der Waals surface area contributed by atoms with Gasteiger partial charge in [-0.15, -0.1) is 0 Å². The molecule has 0 aliphatic heterocycles. The van der Waals surface area contributed by atoms with E-state index in [4.69, 9.17) is 9.26 Å². The molecule has 0 amide bonds. The molecule has 0 saturated carbocycles. The maximum atomic E-state index is 5.71. The van der Waals surface area contributed by atoms with E-state index in [1.165, 1.54) is 0 Å². The number of hydrogen-bond donors (Lipinski definition) is 0. The fourth-order valence-electron chi connectivity index (χ4n) is 1.91. The topological polar surface area (TPSA) is 48.2 Å². The van der Waals surface area contributed by atoms with Crippen molar-refractivity contribution in [2.24, 2.45) is 0 Å². The minimum atomic E-state index is 0.497. The van der Waals surface area contributed by atoms with Crippen LogP contribution in [0, 0.1) is 6.92 Å². The van der Waals surface area contributed by atoms with Crippen molar-refractivity contribution < 1.29 is 9.26 Å². The van der Waals surface area contributed by atoms with Crippen molar-refractivity contribution in [2.75, 3.05) is 0 Å². The van der Waals surface area contributed by atoms with Gasteiger partial charge >= 0.3 is 0 Å². The van der Waals surface area contributed by atoms with Gasteiger partial charge in [0.1, 0.15) is 18.6 Å². The normalized spacial score (nSPS) is 10.4. The molecule has 0 saturated heterocycles. The van der Waals surface area contributed by atoms with Crippen LogP contribution in [0.5, 0.6) is 5.88 Å². The molecule has 3 rings (SSSR count). The lowest BCUT2D eigenvalue weighted by Crippen LogP contribution is -1.98. The number of nitrogens with zero attached hydrogens (tertiary/aromatic N) is 2. The molecule has 0 spiro atoms. The van der Waals surface area contributed by atoms with Crippen LogP contribution in [0.25, 0.3) is 11.3 Å². The summed E-state index contributed by atoms with van der Waals surface area (Å²) in [4.78, 5) is 4.21. The molecular formula is C16H14N2O2. The van der Waals surface area contributed by atoms with E-state index in [-0.39, 0.29) is 0 Å². The predicted molar refractivity (Wildman–Crippen MR) is 75.2 cm³/mol. The molecule has 100 valence electrons. The standard InChI is InChI=1S/C16H14N2O2/c1-12-3-2-9-17-16(12)19-11-13-4-6-14(7-5-13)15-8-10-20-18-15/h2-10H,11H2,1H3. The molecule has 4 heteroatoms. The fraction of sp³-hybridized carbons (Fsp3) is 0.125. The summed E-state index contributed by atoms with van der Waals surface area (Å²) >= 11 is 0. The average Bonchev–Trinajstić information content (AvgIpc) is 3.01. The van der Waals surface area contributed by atoms with Crippen molar-refractivity contribution in [1.29, 1.82) is 0 Å². The Labute approximate surface area is 117 Å². The molecule has 0 radical (unpaired) electrons. The van der Waals surface area contributed by atoms with Crippen LogP contribution in [0.1, 0.15) is 11.1 Å². The van der Waals surface area contributed by atoms with E-state index in [0.29, 0.717) is 12.5 Å². The minimum absolute atomic E-state index is 0.497. The minimum Gasteiger partial charge on any atom is -0.473 e. The number of aryl methyl sites for hydroxylation is 1. The summed E-state index contributed by atoms with van der Waals surface area (Å²) in [7, 11) is 0. The smallest absolute Gasteiger partial charge is 0.216 e. The Morgan fingerprint density at radius 3 is 2.65 bits per heavy atom. The van der Waals surface area contributed by atoms with Gasteiger partial charge in [0.2, 0.25) is 5.88 Å². The van der Waals surface area contributed by atoms with Gasteiger partial charge in [-0.25, -0.2) is 4.98 Å². The summed E-state index contributed by atoms with van der Waals surface area (Å²) in [5.41, 5.74) is 3.98. The monoisotopic (exact) mass is 266 g/mol. The largest absolute Gasteiger partial charge is 0.473 e. The quantitative estimate of drug-likeness (QED) is 0.723. The molecule has 0 unspecified atom stereocenters. The number of benzene rings is 1. The number of hydrogen-bond acceptors (Lipinski definition) is 4. The molecule has 1 aromatic carbocycles. The predicted octanol–water partition coefficient (Wildman–Crippen LogP) is 3.62. The van der Waals surface area contributed by atoms with E-state index in [9.17, 15) is 0 Å². The van der Waals surface area contributed by atoms with Crippen LogP contribution in [0.2, 0.25) is 0 Å². The lowest BCUT2D eigenvalue weighted by Gasteiger charge is -2.07. The summed E-state index contributed by atoms with van der Waals surface area (Å²) in [5, 5.41) is 3.91. The van der Waals surface area contributed by atoms with Crippen LogP contribution in [0.4, 0.5) is 0 Å². The molecule has 4 nitrogen and oxygen atoms in total. The third-order valence-corrected chi connectivity index (χ3v) is 3.02. The number of pyridine rings is 1. The molecule has 2 aromatic heterocycles. The van der Waals surface area contributed by atoms with Gasteiger partial charge in [-0.1, -0.05) is 35.5 Å². The van der Waals surface area contributed by atoms with Crippen molar-refractivity contribution in [3.05, 3.63) is 66.1 Å². The molecule has 0 N–H and O–H groups in total. The van der Waals surface area contributed by atoms with Crippen LogP contribution >= 0.6 is 0 Å². The third kappa shape index (κ3) is 2.69. The van der Waals surface area contributed by atoms with Gasteiger partial charge in [-0.3, -0.25) is 0 Å². The first kappa shape index (κ1) is 12.4. The highest BCUT2D eigenvalue weighted by Gasteiger charge is 2.03. The number of aromatic nitrogens is 2. The van der Waals surface area contributed by atoms with Gasteiger partial charge in [-0.2, -0.15) is 0 Å². The number of rotatable bonds is 4. The first-order valence-electron chi connectivity index (χ1n) is 6.37. The summed E-state index contributed by atoms with van der Waals surface area (Å²) in [5.74, 6) is 0.674. The van der Waals surface area contributed by atoms with E-state index in [0.717, 1.165) is 22.4 Å². The summed E-state index contributed by atoms with van der Waals surface area (Å²) in [6.07, 6.45) is 3.30. The zero-order chi connectivity index (χ0) is 13.8. The van der Waals surface area contributed by atoms with E-state index in [1.54, 1.807) is 12.5 Å². The first-order chi connectivity index (χ1) is 9.83. The Bertz CT molecular complexity index is 676. The Morgan fingerprint density at radius 1 is 1.10 bits per heavy atom. The fourth-order valence-corrected chi connectivity index (χ4v) is 1.91. The summed E-state index contributed by atoms with van der Waals surface area (Å²) < 4.78 is 10.5. The van der Waals surface area contributed by atoms with Gasteiger partial charge < -0.3 is 9.26 Å². The second-order valence-electron chi connectivity index (χ2n) is 4.50. The van der Waals surface area contributed by atoms with E-state index in [2.05, 4.69) is 10.1 Å². The lowest BCUT2D eigenvalue weighted by atomic mass is 10.1. The highest BCUT2D eigenvalue weighted by molar-refractivity contribution is 5.58. The van der Waals surface area contributed by atoms with Gasteiger partial charge in [0.25, 0.3) is 0 Å². The highest BCUT2D eigenvalue weighted by atomic mass is 16.5. The second-order valence-corrected chi connectivity index (χ2v) is 4.50. The van der Waals surface area contributed by atoms with Gasteiger partial charge in [0.15, 0.2) is 0 Å². The van der Waals surface area contributed by atoms with E-state index >= 15 is 0 Å². The van der Waals surface area contributed by atoms with Crippen molar-refractivity contribution in [3.8, 4) is 17.1 Å². The van der Waals surface area contributed by atoms with E-state index < -0.39 is 0 Å². The van der Waals surface area contributed by atoms with Crippen LogP contribution < -0.4 is 4.74 Å². The molecule has 0 bridgehead atoms. The molecule has 0 fully saturated rings. The average molecular weight is 266 g/mol. The first-order valence-corrected chi connectivity index (χ1v) is 6.37. The maximum Gasteiger partial charge on any atom is 0.216 e. The van der Waals surface area contributed by atoms with Crippen LogP contribution in [0.15, 0.2) is 59.4 Å². The van der Waals surface area contributed by atoms with Crippen LogP contribution in [0.3, 0.4) is 0 Å². The van der Waals surface area contributed by atoms with Gasteiger partial charge in [-0.05, 0) is 18.6 Å². The third-order valence-electron chi connectivity index (χ3n) is 3.02. The van der Waals surface area contributed by atoms with Crippen molar-refractivity contribution in [3.63, 3.8) is 0 Å². The molecule has 0 atom stereocenters. The number of ether oxygens (including phenoxy) is 1. The zero-order valence-electron chi connectivity index (χ0n) is 11.1. The SMILES string of the molecule is Cc1cccnc1OCc1ccc(-c2ccon2)cc1. The molecular weight excluding hydrogens is 252 g/mol. The highest BCUT2D eigenvalue weighted by Crippen LogP contribution is 2.19. The van der Waals surface area contributed by atoms with Crippen LogP contribution in [-0.2, 0) is 6.61 Å². The summed E-state index contributed by atoms with van der Waals surface area (Å²) in [6.45, 7) is 2.48. The Morgan fingerprint density at radius 2 is 1.95 bits per heavy atom. The van der Waals surface area contributed by atoms with Gasteiger partial charge in [0, 0.05) is 23.4 Å². The Hall–Kier alpha value is -2.62. The zero-order valence-corrected chi connectivity index (χ0v) is 11.1. The molecule has 0 aliphatic rings. The van der Waals surface area contributed by atoms with E-state index in [1.807, 2.05) is 49.4 Å². The molecule has 2 heterocycles.